The van der Waals surface area contributed by atoms with Crippen LogP contribution in [0.1, 0.15) is 16.7 Å². The molecule has 1 saturated heterocycles. The molecule has 1 aliphatic heterocycles. The van der Waals surface area contributed by atoms with Gasteiger partial charge in [0.1, 0.15) is 12.4 Å². The zero-order valence-corrected chi connectivity index (χ0v) is 23.8. The Balaban J connectivity index is 1.34. The van der Waals surface area contributed by atoms with Gasteiger partial charge in [-0.2, -0.15) is 0 Å². The molecular weight excluding hydrogens is 682 g/mol. The lowest BCUT2D eigenvalue weighted by molar-refractivity contribution is -0.115. The molecule has 4 aromatic carbocycles. The summed E-state index contributed by atoms with van der Waals surface area (Å²) >= 11 is 5.94. The lowest BCUT2D eigenvalue weighted by Crippen LogP contribution is -2.19. The summed E-state index contributed by atoms with van der Waals surface area (Å²) in [7, 11) is 0. The first kappa shape index (κ1) is 24.3. The number of rotatable bonds is 5. The highest BCUT2D eigenvalue weighted by molar-refractivity contribution is 14.1. The standard InChI is InChI=1S/C28H20I2N2O2S/c1-17-9-11-21(12-10-17)31-28-32-27(33)25(35-28)15-18-13-23(29)26(24(30)14-18)34-16-20-7-4-6-19-5-2-3-8-22(19)20/h2-15H,16H2,1H3,(H,31,32,33)/b25-15+. The molecule has 5 rings (SSSR count). The third kappa shape index (κ3) is 5.73. The van der Waals surface area contributed by atoms with Crippen LogP contribution in [0.4, 0.5) is 5.69 Å². The largest absolute Gasteiger partial charge is 0.487 e. The van der Waals surface area contributed by atoms with Crippen molar-refractivity contribution >= 4 is 90.6 Å². The molecule has 0 radical (unpaired) electrons. The van der Waals surface area contributed by atoms with Gasteiger partial charge in [0.15, 0.2) is 5.17 Å². The molecule has 1 N–H and O–H groups in total. The lowest BCUT2D eigenvalue weighted by Gasteiger charge is -2.13. The second-order valence-electron chi connectivity index (χ2n) is 8.06. The summed E-state index contributed by atoms with van der Waals surface area (Å²) in [5, 5.41) is 5.85. The van der Waals surface area contributed by atoms with Gasteiger partial charge in [-0.3, -0.25) is 4.79 Å². The van der Waals surface area contributed by atoms with Crippen LogP contribution >= 0.6 is 56.9 Å². The Bertz CT molecular complexity index is 1470. The number of carbonyl (C=O) groups is 1. The Morgan fingerprint density at radius 1 is 0.971 bits per heavy atom. The van der Waals surface area contributed by atoms with Crippen LogP contribution in [0.5, 0.6) is 5.75 Å². The van der Waals surface area contributed by atoms with Gasteiger partial charge in [0.2, 0.25) is 0 Å². The summed E-state index contributed by atoms with van der Waals surface area (Å²) in [6, 6.07) is 26.6. The van der Waals surface area contributed by atoms with E-state index in [1.807, 2.05) is 55.5 Å². The monoisotopic (exact) mass is 702 g/mol. The fourth-order valence-electron chi connectivity index (χ4n) is 3.74. The molecule has 4 aromatic rings. The van der Waals surface area contributed by atoms with Gasteiger partial charge in [-0.05, 0) is 116 Å². The first-order valence-corrected chi connectivity index (χ1v) is 13.9. The van der Waals surface area contributed by atoms with Crippen LogP contribution < -0.4 is 10.1 Å². The normalized spacial score (nSPS) is 15.7. The van der Waals surface area contributed by atoms with Crippen molar-refractivity contribution in [3.05, 3.63) is 108 Å². The highest BCUT2D eigenvalue weighted by atomic mass is 127. The second-order valence-corrected chi connectivity index (χ2v) is 11.4. The zero-order valence-electron chi connectivity index (χ0n) is 18.7. The second kappa shape index (κ2) is 10.7. The first-order valence-electron chi connectivity index (χ1n) is 10.9. The van der Waals surface area contributed by atoms with Crippen molar-refractivity contribution in [2.75, 3.05) is 0 Å². The number of halogens is 2. The number of hydrogen-bond acceptors (Lipinski definition) is 4. The Morgan fingerprint density at radius 2 is 1.69 bits per heavy atom. The third-order valence-corrected chi connectivity index (χ3v) is 8.00. The van der Waals surface area contributed by atoms with Crippen molar-refractivity contribution in [3.8, 4) is 5.75 Å². The van der Waals surface area contributed by atoms with E-state index in [1.165, 1.54) is 28.1 Å². The van der Waals surface area contributed by atoms with Crippen molar-refractivity contribution in [1.82, 2.24) is 5.32 Å². The quantitative estimate of drug-likeness (QED) is 0.171. The summed E-state index contributed by atoms with van der Waals surface area (Å²) in [5.74, 6) is 0.716. The molecule has 0 unspecified atom stereocenters. The zero-order chi connectivity index (χ0) is 24.4. The Kier molecular flexibility index (Phi) is 7.45. The number of benzene rings is 4. The summed E-state index contributed by atoms with van der Waals surface area (Å²) in [6.45, 7) is 2.53. The van der Waals surface area contributed by atoms with Crippen LogP contribution in [-0.2, 0) is 11.4 Å². The van der Waals surface area contributed by atoms with E-state index in [4.69, 9.17) is 4.74 Å². The molecular formula is C28H20I2N2O2S. The van der Waals surface area contributed by atoms with Gasteiger partial charge in [-0.25, -0.2) is 4.99 Å². The Hall–Kier alpha value is -2.37. The summed E-state index contributed by atoms with van der Waals surface area (Å²) in [4.78, 5) is 17.7. The van der Waals surface area contributed by atoms with Gasteiger partial charge < -0.3 is 10.1 Å². The van der Waals surface area contributed by atoms with Gasteiger partial charge in [0, 0.05) is 0 Å². The molecule has 7 heteroatoms. The minimum absolute atomic E-state index is 0.137. The highest BCUT2D eigenvalue weighted by Crippen LogP contribution is 2.33. The Morgan fingerprint density at radius 3 is 2.46 bits per heavy atom. The van der Waals surface area contributed by atoms with E-state index >= 15 is 0 Å². The van der Waals surface area contributed by atoms with E-state index in [-0.39, 0.29) is 5.91 Å². The minimum Gasteiger partial charge on any atom is -0.487 e. The summed E-state index contributed by atoms with van der Waals surface area (Å²) < 4.78 is 8.26. The molecule has 0 spiro atoms. The van der Waals surface area contributed by atoms with Gasteiger partial charge in [-0.1, -0.05) is 60.2 Å². The average molecular weight is 702 g/mol. The molecule has 174 valence electrons. The Labute approximate surface area is 235 Å². The van der Waals surface area contributed by atoms with E-state index in [1.54, 1.807) is 0 Å². The predicted molar refractivity (Wildman–Crippen MR) is 162 cm³/mol. The van der Waals surface area contributed by atoms with Crippen molar-refractivity contribution in [2.24, 2.45) is 4.99 Å². The molecule has 4 nitrogen and oxygen atoms in total. The molecule has 35 heavy (non-hydrogen) atoms. The molecule has 0 aliphatic carbocycles. The van der Waals surface area contributed by atoms with Crippen LogP contribution in [0, 0.1) is 14.1 Å². The number of amides is 1. The fraction of sp³-hybridized carbons (Fsp3) is 0.0714. The van der Waals surface area contributed by atoms with Crippen molar-refractivity contribution < 1.29 is 9.53 Å². The van der Waals surface area contributed by atoms with Gasteiger partial charge >= 0.3 is 0 Å². The van der Waals surface area contributed by atoms with Crippen LogP contribution in [-0.4, -0.2) is 11.1 Å². The smallest absolute Gasteiger partial charge is 0.264 e. The highest BCUT2D eigenvalue weighted by Gasteiger charge is 2.24. The molecule has 0 atom stereocenters. The van der Waals surface area contributed by atoms with Crippen molar-refractivity contribution in [3.63, 3.8) is 0 Å². The van der Waals surface area contributed by atoms with Gasteiger partial charge in [0.25, 0.3) is 5.91 Å². The minimum atomic E-state index is -0.137. The number of thioether (sulfide) groups is 1. The van der Waals surface area contributed by atoms with E-state index in [9.17, 15) is 4.79 Å². The van der Waals surface area contributed by atoms with Crippen molar-refractivity contribution in [1.29, 1.82) is 0 Å². The third-order valence-electron chi connectivity index (χ3n) is 5.49. The van der Waals surface area contributed by atoms with Crippen LogP contribution in [0.2, 0.25) is 0 Å². The molecule has 1 aliphatic rings. The summed E-state index contributed by atoms with van der Waals surface area (Å²) in [5.41, 5.74) is 4.09. The van der Waals surface area contributed by atoms with Crippen molar-refractivity contribution in [2.45, 2.75) is 13.5 Å². The van der Waals surface area contributed by atoms with Gasteiger partial charge in [-0.15, -0.1) is 0 Å². The number of aliphatic imine (C=N–C) groups is 1. The lowest BCUT2D eigenvalue weighted by atomic mass is 10.1. The number of hydrogen-bond donors (Lipinski definition) is 1. The van der Waals surface area contributed by atoms with Crippen LogP contribution in [0.25, 0.3) is 16.8 Å². The summed E-state index contributed by atoms with van der Waals surface area (Å²) in [6.07, 6.45) is 1.90. The maximum absolute atomic E-state index is 12.5. The molecule has 0 saturated carbocycles. The van der Waals surface area contributed by atoms with E-state index in [2.05, 4.69) is 91.9 Å². The number of carbonyl (C=O) groups excluding carboxylic acids is 1. The number of nitrogens with one attached hydrogen (secondary N) is 1. The van der Waals surface area contributed by atoms with E-state index in [0.717, 1.165) is 29.7 Å². The predicted octanol–water partition coefficient (Wildman–Crippen LogP) is 7.83. The average Bonchev–Trinajstić information content (AvgIpc) is 3.18. The van der Waals surface area contributed by atoms with Gasteiger partial charge in [0.05, 0.1) is 17.7 Å². The number of nitrogens with zero attached hydrogens (tertiary/aromatic N) is 1. The number of aryl methyl sites for hydroxylation is 1. The number of amidine groups is 1. The molecule has 0 aromatic heterocycles. The molecule has 1 amide bonds. The number of ether oxygens (including phenoxy) is 1. The number of fused-ring (bicyclic) bond motifs is 1. The fourth-order valence-corrected chi connectivity index (χ4v) is 6.71. The molecule has 1 heterocycles. The van der Waals surface area contributed by atoms with E-state index < -0.39 is 0 Å². The maximum atomic E-state index is 12.5. The van der Waals surface area contributed by atoms with Crippen LogP contribution in [0.15, 0.2) is 88.8 Å². The SMILES string of the molecule is Cc1ccc(N=C2NC(=O)/C(=C\c3cc(I)c(OCc4cccc5ccccc45)c(I)c3)S2)cc1. The molecule has 0 bridgehead atoms. The molecule has 1 fully saturated rings. The van der Waals surface area contributed by atoms with Crippen LogP contribution in [0.3, 0.4) is 0 Å². The topological polar surface area (TPSA) is 50.7 Å². The first-order chi connectivity index (χ1) is 17.0. The maximum Gasteiger partial charge on any atom is 0.264 e. The van der Waals surface area contributed by atoms with E-state index in [0.29, 0.717) is 16.7 Å².